The molecular formula is C13H12ClNO. The first kappa shape index (κ1) is 11.1. The lowest BCUT2D eigenvalue weighted by atomic mass is 10.0. The lowest BCUT2D eigenvalue weighted by Gasteiger charge is -2.13. The molecule has 1 aromatic carbocycles. The summed E-state index contributed by atoms with van der Waals surface area (Å²) in [6.45, 7) is 1.84. The Balaban J connectivity index is 2.38. The summed E-state index contributed by atoms with van der Waals surface area (Å²) < 4.78 is 0. The SMILES string of the molecule is Cc1nc(Cl)ccc1[C@H](O)c1ccccc1. The molecule has 1 N–H and O–H groups in total. The van der Waals surface area contributed by atoms with Gasteiger partial charge in [0.25, 0.3) is 0 Å². The zero-order valence-corrected chi connectivity index (χ0v) is 9.65. The second kappa shape index (κ2) is 4.64. The minimum absolute atomic E-state index is 0.446. The largest absolute Gasteiger partial charge is 0.384 e. The molecule has 0 amide bonds. The molecule has 0 fully saturated rings. The van der Waals surface area contributed by atoms with Crippen molar-refractivity contribution in [1.29, 1.82) is 0 Å². The fourth-order valence-corrected chi connectivity index (χ4v) is 1.83. The van der Waals surface area contributed by atoms with Crippen molar-refractivity contribution < 1.29 is 5.11 Å². The van der Waals surface area contributed by atoms with Crippen LogP contribution in [-0.4, -0.2) is 10.1 Å². The summed E-state index contributed by atoms with van der Waals surface area (Å²) in [5.41, 5.74) is 2.40. The molecule has 2 rings (SSSR count). The Hall–Kier alpha value is -1.38. The van der Waals surface area contributed by atoms with Gasteiger partial charge in [0.05, 0.1) is 0 Å². The molecule has 1 atom stereocenters. The van der Waals surface area contributed by atoms with Gasteiger partial charge in [0.1, 0.15) is 11.3 Å². The number of halogens is 1. The number of nitrogens with zero attached hydrogens (tertiary/aromatic N) is 1. The predicted molar refractivity (Wildman–Crippen MR) is 64.5 cm³/mol. The fourth-order valence-electron chi connectivity index (χ4n) is 1.65. The van der Waals surface area contributed by atoms with E-state index in [0.29, 0.717) is 5.15 Å². The van der Waals surface area contributed by atoms with Crippen LogP contribution >= 0.6 is 11.6 Å². The fraction of sp³-hybridized carbons (Fsp3) is 0.154. The van der Waals surface area contributed by atoms with Crippen LogP contribution in [-0.2, 0) is 0 Å². The summed E-state index contributed by atoms with van der Waals surface area (Å²) in [6, 6.07) is 13.0. The molecule has 0 unspecified atom stereocenters. The van der Waals surface area contributed by atoms with Gasteiger partial charge in [-0.2, -0.15) is 0 Å². The zero-order valence-electron chi connectivity index (χ0n) is 8.89. The molecule has 82 valence electrons. The average Bonchev–Trinajstić information content (AvgIpc) is 2.29. The molecule has 0 saturated heterocycles. The highest BCUT2D eigenvalue weighted by molar-refractivity contribution is 6.29. The average molecular weight is 234 g/mol. The number of pyridine rings is 1. The maximum Gasteiger partial charge on any atom is 0.129 e. The lowest BCUT2D eigenvalue weighted by molar-refractivity contribution is 0.219. The molecule has 0 spiro atoms. The molecule has 16 heavy (non-hydrogen) atoms. The van der Waals surface area contributed by atoms with E-state index in [1.807, 2.05) is 43.3 Å². The number of hydrogen-bond donors (Lipinski definition) is 1. The number of aliphatic hydroxyl groups excluding tert-OH is 1. The highest BCUT2D eigenvalue weighted by Gasteiger charge is 2.13. The van der Waals surface area contributed by atoms with Gasteiger partial charge in [-0.3, -0.25) is 0 Å². The van der Waals surface area contributed by atoms with Gasteiger partial charge in [-0.25, -0.2) is 4.98 Å². The third kappa shape index (κ3) is 2.23. The highest BCUT2D eigenvalue weighted by atomic mass is 35.5. The molecular weight excluding hydrogens is 222 g/mol. The minimum atomic E-state index is -0.647. The molecule has 0 aliphatic carbocycles. The number of aryl methyl sites for hydroxylation is 1. The van der Waals surface area contributed by atoms with Crippen LogP contribution in [0.3, 0.4) is 0 Å². The second-order valence-corrected chi connectivity index (χ2v) is 4.01. The standard InChI is InChI=1S/C13H12ClNO/c1-9-11(7-8-12(14)15-9)13(16)10-5-3-2-4-6-10/h2-8,13,16H,1H3/t13-/m1/s1. The lowest BCUT2D eigenvalue weighted by Crippen LogP contribution is -2.03. The predicted octanol–water partition coefficient (Wildman–Crippen LogP) is 3.13. The first-order chi connectivity index (χ1) is 7.68. The van der Waals surface area contributed by atoms with Gasteiger partial charge in [-0.15, -0.1) is 0 Å². The normalized spacial score (nSPS) is 12.4. The summed E-state index contributed by atoms with van der Waals surface area (Å²) in [4.78, 5) is 4.13. The van der Waals surface area contributed by atoms with Crippen LogP contribution in [0, 0.1) is 6.92 Å². The Morgan fingerprint density at radius 3 is 2.44 bits per heavy atom. The summed E-state index contributed by atoms with van der Waals surface area (Å²) in [6.07, 6.45) is -0.647. The Morgan fingerprint density at radius 1 is 1.12 bits per heavy atom. The number of benzene rings is 1. The van der Waals surface area contributed by atoms with Gasteiger partial charge < -0.3 is 5.11 Å². The van der Waals surface area contributed by atoms with Crippen LogP contribution in [0.4, 0.5) is 0 Å². The number of hydrogen-bond acceptors (Lipinski definition) is 2. The van der Waals surface area contributed by atoms with Crippen molar-refractivity contribution in [3.8, 4) is 0 Å². The smallest absolute Gasteiger partial charge is 0.129 e. The van der Waals surface area contributed by atoms with Crippen molar-refractivity contribution in [3.63, 3.8) is 0 Å². The van der Waals surface area contributed by atoms with Crippen molar-refractivity contribution in [2.24, 2.45) is 0 Å². The van der Waals surface area contributed by atoms with E-state index in [2.05, 4.69) is 4.98 Å². The van der Waals surface area contributed by atoms with E-state index in [9.17, 15) is 5.11 Å². The molecule has 0 radical (unpaired) electrons. The van der Waals surface area contributed by atoms with Crippen LogP contribution in [0.2, 0.25) is 5.15 Å². The van der Waals surface area contributed by atoms with Crippen LogP contribution in [0.1, 0.15) is 22.9 Å². The second-order valence-electron chi connectivity index (χ2n) is 3.62. The number of aromatic nitrogens is 1. The molecule has 0 bridgehead atoms. The zero-order chi connectivity index (χ0) is 11.5. The van der Waals surface area contributed by atoms with Crippen molar-refractivity contribution in [3.05, 3.63) is 64.4 Å². The van der Waals surface area contributed by atoms with E-state index < -0.39 is 6.10 Å². The quantitative estimate of drug-likeness (QED) is 0.809. The maximum atomic E-state index is 10.2. The van der Waals surface area contributed by atoms with E-state index in [1.54, 1.807) is 6.07 Å². The molecule has 0 saturated carbocycles. The van der Waals surface area contributed by atoms with Crippen LogP contribution in [0.5, 0.6) is 0 Å². The number of rotatable bonds is 2. The first-order valence-corrected chi connectivity index (χ1v) is 5.42. The van der Waals surface area contributed by atoms with E-state index >= 15 is 0 Å². The van der Waals surface area contributed by atoms with Gasteiger partial charge in [0.15, 0.2) is 0 Å². The molecule has 1 aromatic heterocycles. The molecule has 2 nitrogen and oxygen atoms in total. The van der Waals surface area contributed by atoms with E-state index in [0.717, 1.165) is 16.8 Å². The first-order valence-electron chi connectivity index (χ1n) is 5.04. The van der Waals surface area contributed by atoms with E-state index in [-0.39, 0.29) is 0 Å². The van der Waals surface area contributed by atoms with E-state index in [4.69, 9.17) is 11.6 Å². The van der Waals surface area contributed by atoms with Crippen molar-refractivity contribution in [2.75, 3.05) is 0 Å². The monoisotopic (exact) mass is 233 g/mol. The maximum absolute atomic E-state index is 10.2. The van der Waals surface area contributed by atoms with Crippen molar-refractivity contribution in [1.82, 2.24) is 4.98 Å². The molecule has 1 heterocycles. The third-order valence-corrected chi connectivity index (χ3v) is 2.71. The molecule has 3 heteroatoms. The Morgan fingerprint density at radius 2 is 1.81 bits per heavy atom. The topological polar surface area (TPSA) is 33.1 Å². The Bertz CT molecular complexity index is 485. The number of aliphatic hydroxyl groups is 1. The molecule has 2 aromatic rings. The van der Waals surface area contributed by atoms with Crippen molar-refractivity contribution in [2.45, 2.75) is 13.0 Å². The molecule has 0 aliphatic heterocycles. The van der Waals surface area contributed by atoms with Crippen LogP contribution in [0.15, 0.2) is 42.5 Å². The minimum Gasteiger partial charge on any atom is -0.384 e. The van der Waals surface area contributed by atoms with Crippen LogP contribution < -0.4 is 0 Å². The van der Waals surface area contributed by atoms with E-state index in [1.165, 1.54) is 0 Å². The summed E-state index contributed by atoms with van der Waals surface area (Å²) in [5.74, 6) is 0. The Labute approximate surface area is 99.5 Å². The van der Waals surface area contributed by atoms with Gasteiger partial charge in [-0.1, -0.05) is 48.0 Å². The summed E-state index contributed by atoms with van der Waals surface area (Å²) in [5, 5.41) is 10.6. The van der Waals surface area contributed by atoms with Gasteiger partial charge in [0.2, 0.25) is 0 Å². The summed E-state index contributed by atoms with van der Waals surface area (Å²) >= 11 is 5.77. The van der Waals surface area contributed by atoms with Gasteiger partial charge >= 0.3 is 0 Å². The van der Waals surface area contributed by atoms with Crippen LogP contribution in [0.25, 0.3) is 0 Å². The van der Waals surface area contributed by atoms with Crippen molar-refractivity contribution >= 4 is 11.6 Å². The Kier molecular flexibility index (Phi) is 3.22. The third-order valence-electron chi connectivity index (χ3n) is 2.50. The van der Waals surface area contributed by atoms with Gasteiger partial charge in [-0.05, 0) is 18.6 Å². The van der Waals surface area contributed by atoms with Gasteiger partial charge in [0, 0.05) is 11.3 Å². The summed E-state index contributed by atoms with van der Waals surface area (Å²) in [7, 11) is 0. The molecule has 0 aliphatic rings. The highest BCUT2D eigenvalue weighted by Crippen LogP contribution is 2.24.